The quantitative estimate of drug-likeness (QED) is 0.461. The molecule has 2 aromatic heterocycles. The van der Waals surface area contributed by atoms with Crippen molar-refractivity contribution in [3.05, 3.63) is 71.4 Å². The van der Waals surface area contributed by atoms with Gasteiger partial charge in [0, 0.05) is 41.3 Å². The summed E-state index contributed by atoms with van der Waals surface area (Å²) in [6, 6.07) is 13.5. The Bertz CT molecular complexity index is 1210. The topological polar surface area (TPSA) is 41.9 Å². The van der Waals surface area contributed by atoms with E-state index < -0.39 is 11.6 Å². The summed E-state index contributed by atoms with van der Waals surface area (Å²) in [6.07, 6.45) is 0. The lowest BCUT2D eigenvalue weighted by molar-refractivity contribution is 0.584. The Kier molecular flexibility index (Phi) is 5.15. The molecule has 0 spiro atoms. The van der Waals surface area contributed by atoms with E-state index in [1.165, 1.54) is 23.1 Å². The first-order valence-electron chi connectivity index (χ1n) is 9.28. The van der Waals surface area contributed by atoms with Gasteiger partial charge in [-0.3, -0.25) is 0 Å². The van der Waals surface area contributed by atoms with Gasteiger partial charge in [-0.05, 0) is 55.9 Å². The highest BCUT2D eigenvalue weighted by Crippen LogP contribution is 2.30. The predicted octanol–water partition coefficient (Wildman–Crippen LogP) is 5.07. The molecule has 0 aliphatic heterocycles. The number of aryl methyl sites for hydroxylation is 2. The Morgan fingerprint density at radius 3 is 2.55 bits per heavy atom. The molecule has 0 fully saturated rings. The average Bonchev–Trinajstić information content (AvgIpc) is 2.95. The number of benzene rings is 2. The van der Waals surface area contributed by atoms with Crippen LogP contribution in [-0.2, 0) is 6.54 Å². The van der Waals surface area contributed by atoms with E-state index in [1.54, 1.807) is 0 Å². The van der Waals surface area contributed by atoms with Gasteiger partial charge in [-0.2, -0.15) is 0 Å². The van der Waals surface area contributed by atoms with Crippen molar-refractivity contribution in [3.63, 3.8) is 0 Å². The fraction of sp³-hybridized carbons (Fsp3) is 0.182. The first-order chi connectivity index (χ1) is 13.9. The maximum Gasteiger partial charge on any atom is 0.170 e. The van der Waals surface area contributed by atoms with Gasteiger partial charge in [0.05, 0.1) is 5.52 Å². The number of thiocarbonyl (C=S) groups is 1. The van der Waals surface area contributed by atoms with Crippen molar-refractivity contribution in [2.75, 3.05) is 11.9 Å². The number of halogens is 2. The summed E-state index contributed by atoms with van der Waals surface area (Å²) in [5.74, 6) is -1.31. The summed E-state index contributed by atoms with van der Waals surface area (Å²) in [5, 5.41) is 8.53. The molecule has 0 unspecified atom stereocenters. The van der Waals surface area contributed by atoms with Crippen molar-refractivity contribution in [1.29, 1.82) is 0 Å². The van der Waals surface area contributed by atoms with E-state index in [4.69, 9.17) is 17.2 Å². The number of hydrogen-bond donors (Lipinski definition) is 2. The van der Waals surface area contributed by atoms with Gasteiger partial charge < -0.3 is 15.2 Å². The van der Waals surface area contributed by atoms with E-state index in [2.05, 4.69) is 40.3 Å². The molecule has 0 aliphatic carbocycles. The largest absolute Gasteiger partial charge is 0.361 e. The van der Waals surface area contributed by atoms with Gasteiger partial charge in [0.25, 0.3) is 0 Å². The van der Waals surface area contributed by atoms with Crippen LogP contribution in [0.4, 0.5) is 14.5 Å². The number of pyridine rings is 1. The summed E-state index contributed by atoms with van der Waals surface area (Å²) in [4.78, 5) is 4.76. The highest BCUT2D eigenvalue weighted by Gasteiger charge is 2.14. The van der Waals surface area contributed by atoms with Crippen LogP contribution in [0.3, 0.4) is 0 Å². The molecule has 4 aromatic rings. The minimum Gasteiger partial charge on any atom is -0.361 e. The monoisotopic (exact) mass is 410 g/mol. The molecule has 0 radical (unpaired) electrons. The molecule has 0 atom stereocenters. The van der Waals surface area contributed by atoms with Gasteiger partial charge in [0.15, 0.2) is 5.11 Å². The summed E-state index contributed by atoms with van der Waals surface area (Å²) in [5.41, 5.74) is 4.48. The molecule has 4 nitrogen and oxygen atoms in total. The fourth-order valence-electron chi connectivity index (χ4n) is 3.69. The first-order valence-corrected chi connectivity index (χ1v) is 9.69. The second kappa shape index (κ2) is 7.75. The van der Waals surface area contributed by atoms with Crippen LogP contribution in [0.25, 0.3) is 21.9 Å². The number of anilines is 1. The number of para-hydroxylation sites is 1. The van der Waals surface area contributed by atoms with Gasteiger partial charge >= 0.3 is 0 Å². The summed E-state index contributed by atoms with van der Waals surface area (Å²) >= 11 is 5.26. The maximum absolute atomic E-state index is 13.3. The molecule has 0 amide bonds. The molecule has 0 saturated heterocycles. The molecular formula is C22H20F2N4S. The van der Waals surface area contributed by atoms with Crippen molar-refractivity contribution >= 4 is 45.0 Å². The lowest BCUT2D eigenvalue weighted by Gasteiger charge is -2.12. The van der Waals surface area contributed by atoms with E-state index in [1.807, 2.05) is 19.1 Å². The Labute approximate surface area is 172 Å². The van der Waals surface area contributed by atoms with Crippen LogP contribution >= 0.6 is 12.2 Å². The minimum atomic E-state index is -0.655. The van der Waals surface area contributed by atoms with Gasteiger partial charge in [0.1, 0.15) is 17.3 Å². The first kappa shape index (κ1) is 19.3. The summed E-state index contributed by atoms with van der Waals surface area (Å²) in [6.45, 7) is 5.26. The molecular weight excluding hydrogens is 390 g/mol. The second-order valence-electron chi connectivity index (χ2n) is 6.99. The van der Waals surface area contributed by atoms with Crippen LogP contribution in [-0.4, -0.2) is 21.2 Å². The van der Waals surface area contributed by atoms with Crippen LogP contribution in [0.15, 0.2) is 48.5 Å². The third-order valence-corrected chi connectivity index (χ3v) is 5.03. The number of nitrogens with one attached hydrogen (secondary N) is 2. The van der Waals surface area contributed by atoms with Gasteiger partial charge in [-0.25, -0.2) is 13.8 Å². The SMILES string of the molecule is Cc1cc(C)c2c3ccccc3n(CCNC(=S)Nc3cc(F)cc(F)c3)c2n1. The van der Waals surface area contributed by atoms with Gasteiger partial charge in [-0.1, -0.05) is 18.2 Å². The van der Waals surface area contributed by atoms with E-state index >= 15 is 0 Å². The Balaban J connectivity index is 1.54. The Morgan fingerprint density at radius 2 is 1.79 bits per heavy atom. The zero-order chi connectivity index (χ0) is 20.5. The molecule has 7 heteroatoms. The third-order valence-electron chi connectivity index (χ3n) is 4.79. The van der Waals surface area contributed by atoms with Crippen LogP contribution in [0, 0.1) is 25.5 Å². The minimum absolute atomic E-state index is 0.268. The molecule has 0 saturated carbocycles. The Morgan fingerprint density at radius 1 is 1.07 bits per heavy atom. The van der Waals surface area contributed by atoms with E-state index in [0.717, 1.165) is 28.3 Å². The smallest absolute Gasteiger partial charge is 0.170 e. The normalized spacial score (nSPS) is 11.2. The second-order valence-corrected chi connectivity index (χ2v) is 7.40. The number of aromatic nitrogens is 2. The number of hydrogen-bond acceptors (Lipinski definition) is 2. The van der Waals surface area contributed by atoms with E-state index in [0.29, 0.717) is 18.2 Å². The fourth-order valence-corrected chi connectivity index (χ4v) is 3.91. The van der Waals surface area contributed by atoms with E-state index in [9.17, 15) is 8.78 Å². The average molecular weight is 410 g/mol. The predicted molar refractivity (Wildman–Crippen MR) is 117 cm³/mol. The van der Waals surface area contributed by atoms with Gasteiger partial charge in [-0.15, -0.1) is 0 Å². The Hall–Kier alpha value is -3.06. The summed E-state index contributed by atoms with van der Waals surface area (Å²) in [7, 11) is 0. The van der Waals surface area contributed by atoms with Crippen molar-refractivity contribution < 1.29 is 8.78 Å². The maximum atomic E-state index is 13.3. The third kappa shape index (κ3) is 3.91. The van der Waals surface area contributed by atoms with Crippen LogP contribution in [0.2, 0.25) is 0 Å². The van der Waals surface area contributed by atoms with Crippen molar-refractivity contribution in [3.8, 4) is 0 Å². The lowest BCUT2D eigenvalue weighted by atomic mass is 10.1. The zero-order valence-electron chi connectivity index (χ0n) is 16.1. The van der Waals surface area contributed by atoms with Crippen LogP contribution in [0.5, 0.6) is 0 Å². The van der Waals surface area contributed by atoms with E-state index in [-0.39, 0.29) is 5.69 Å². The highest BCUT2D eigenvalue weighted by atomic mass is 32.1. The molecule has 0 bridgehead atoms. The number of fused-ring (bicyclic) bond motifs is 3. The highest BCUT2D eigenvalue weighted by molar-refractivity contribution is 7.80. The molecule has 29 heavy (non-hydrogen) atoms. The van der Waals surface area contributed by atoms with Crippen molar-refractivity contribution in [1.82, 2.24) is 14.9 Å². The van der Waals surface area contributed by atoms with Crippen molar-refractivity contribution in [2.24, 2.45) is 0 Å². The molecule has 148 valence electrons. The standard InChI is InChI=1S/C22H20F2N4S/c1-13-9-14(2)26-21-20(13)18-5-3-4-6-19(18)28(21)8-7-25-22(29)27-17-11-15(23)10-16(24)12-17/h3-6,9-12H,7-8H2,1-2H3,(H2,25,27,29). The number of rotatable bonds is 4. The molecule has 2 N–H and O–H groups in total. The van der Waals surface area contributed by atoms with Crippen LogP contribution in [0.1, 0.15) is 11.3 Å². The summed E-state index contributed by atoms with van der Waals surface area (Å²) < 4.78 is 28.8. The molecule has 4 rings (SSSR count). The molecule has 0 aliphatic rings. The van der Waals surface area contributed by atoms with Gasteiger partial charge in [0.2, 0.25) is 0 Å². The molecule has 2 heterocycles. The number of nitrogens with zero attached hydrogens (tertiary/aromatic N) is 2. The lowest BCUT2D eigenvalue weighted by Crippen LogP contribution is -2.31. The molecule has 2 aromatic carbocycles. The zero-order valence-corrected chi connectivity index (χ0v) is 16.9. The van der Waals surface area contributed by atoms with Crippen molar-refractivity contribution in [2.45, 2.75) is 20.4 Å². The van der Waals surface area contributed by atoms with Crippen LogP contribution < -0.4 is 10.6 Å².